The molecule has 3 aromatic rings. The van der Waals surface area contributed by atoms with E-state index in [1.165, 1.54) is 11.1 Å². The molecule has 1 unspecified atom stereocenters. The number of Topliss-reactive ketones (excluding diaryl/α,β-unsaturated/α-hetero) is 2. The van der Waals surface area contributed by atoms with E-state index in [9.17, 15) is 24.0 Å². The van der Waals surface area contributed by atoms with Gasteiger partial charge in [-0.1, -0.05) is 30.3 Å². The van der Waals surface area contributed by atoms with Gasteiger partial charge in [-0.15, -0.1) is 0 Å². The van der Waals surface area contributed by atoms with Gasteiger partial charge in [-0.25, -0.2) is 0 Å². The van der Waals surface area contributed by atoms with Crippen molar-refractivity contribution in [3.8, 4) is 11.1 Å². The Balaban J connectivity index is 1.15. The first-order chi connectivity index (χ1) is 19.4. The summed E-state index contributed by atoms with van der Waals surface area (Å²) in [6.45, 7) is 0.187. The number of nitrogens with one attached hydrogen (secondary N) is 2. The van der Waals surface area contributed by atoms with Gasteiger partial charge >= 0.3 is 0 Å². The number of carbonyl (C=O) groups excluding carboxylic acids is 5. The predicted octanol–water partition coefficient (Wildman–Crippen LogP) is 3.52. The predicted molar refractivity (Wildman–Crippen MR) is 146 cm³/mol. The molecule has 2 fully saturated rings. The van der Waals surface area contributed by atoms with Crippen LogP contribution in [0.5, 0.6) is 0 Å². The number of nitrogens with zero attached hydrogens (tertiary/aromatic N) is 2. The highest BCUT2D eigenvalue weighted by atomic mass is 16.2. The summed E-state index contributed by atoms with van der Waals surface area (Å²) in [5.41, 5.74) is 4.84. The summed E-state index contributed by atoms with van der Waals surface area (Å²) in [5.74, 6) is -1.77. The third kappa shape index (κ3) is 4.70. The van der Waals surface area contributed by atoms with Gasteiger partial charge in [-0.2, -0.15) is 0 Å². The Morgan fingerprint density at radius 1 is 0.875 bits per heavy atom. The number of aromatic nitrogens is 1. The normalized spacial score (nSPS) is 20.9. The molecule has 9 nitrogen and oxygen atoms in total. The van der Waals surface area contributed by atoms with E-state index >= 15 is 0 Å². The molecule has 1 aliphatic carbocycles. The number of anilines is 1. The number of piperidine rings is 1. The minimum atomic E-state index is -0.721. The van der Waals surface area contributed by atoms with E-state index < -0.39 is 11.9 Å². The van der Waals surface area contributed by atoms with Crippen LogP contribution in [0.2, 0.25) is 0 Å². The molecule has 2 aliphatic heterocycles. The highest BCUT2D eigenvalue weighted by Gasteiger charge is 2.40. The van der Waals surface area contributed by atoms with Gasteiger partial charge < -0.3 is 10.2 Å². The number of carbonyl (C=O) groups is 5. The third-order valence-electron chi connectivity index (χ3n) is 7.81. The molecule has 1 aromatic heterocycles. The first-order valence-electron chi connectivity index (χ1n) is 13.2. The molecule has 9 heteroatoms. The summed E-state index contributed by atoms with van der Waals surface area (Å²) in [4.78, 5) is 68.5. The second-order valence-electron chi connectivity index (χ2n) is 10.2. The van der Waals surface area contributed by atoms with E-state index in [1.54, 1.807) is 30.6 Å². The molecule has 1 saturated heterocycles. The van der Waals surface area contributed by atoms with Crippen molar-refractivity contribution in [2.24, 2.45) is 0 Å². The SMILES string of the molecule is O=C1CCC(N2Cc3c(NC=C4C(=O)CC(c5ccc(-c6ccncc6)cc5)CC4=O)cccc3C2=O)C(=O)N1. The zero-order valence-electron chi connectivity index (χ0n) is 21.6. The number of allylic oxidation sites excluding steroid dienone is 1. The highest BCUT2D eigenvalue weighted by molar-refractivity contribution is 6.22. The maximum absolute atomic E-state index is 13.1. The number of amides is 3. The number of pyridine rings is 1. The maximum Gasteiger partial charge on any atom is 0.255 e. The average Bonchev–Trinajstić information content (AvgIpc) is 3.29. The second-order valence-corrected chi connectivity index (χ2v) is 10.2. The van der Waals surface area contributed by atoms with Crippen molar-refractivity contribution in [2.75, 3.05) is 5.32 Å². The maximum atomic E-state index is 13.1. The summed E-state index contributed by atoms with van der Waals surface area (Å²) in [7, 11) is 0. The van der Waals surface area contributed by atoms with Gasteiger partial charge in [-0.3, -0.25) is 34.3 Å². The number of rotatable bonds is 5. The van der Waals surface area contributed by atoms with E-state index in [1.807, 2.05) is 36.4 Å². The average molecular weight is 535 g/mol. The van der Waals surface area contributed by atoms with Crippen LogP contribution < -0.4 is 10.6 Å². The quantitative estimate of drug-likeness (QED) is 0.291. The van der Waals surface area contributed by atoms with Gasteiger partial charge in [-0.05, 0) is 53.3 Å². The molecule has 1 atom stereocenters. The van der Waals surface area contributed by atoms with E-state index in [4.69, 9.17) is 0 Å². The van der Waals surface area contributed by atoms with Gasteiger partial charge in [0.15, 0.2) is 11.6 Å². The molecule has 1 saturated carbocycles. The lowest BCUT2D eigenvalue weighted by atomic mass is 9.80. The Morgan fingerprint density at radius 3 is 2.27 bits per heavy atom. The lowest BCUT2D eigenvalue weighted by Crippen LogP contribution is -2.52. The Bertz CT molecular complexity index is 1560. The number of imide groups is 1. The monoisotopic (exact) mass is 534 g/mol. The Labute approximate surface area is 230 Å². The summed E-state index contributed by atoms with van der Waals surface area (Å²) >= 11 is 0. The Kier molecular flexibility index (Phi) is 6.55. The van der Waals surface area contributed by atoms with Crippen LogP contribution in [-0.4, -0.2) is 45.2 Å². The first-order valence-corrected chi connectivity index (χ1v) is 13.2. The summed E-state index contributed by atoms with van der Waals surface area (Å²) in [5, 5.41) is 5.37. The van der Waals surface area contributed by atoms with Gasteiger partial charge in [0.2, 0.25) is 11.8 Å². The highest BCUT2D eigenvalue weighted by Crippen LogP contribution is 2.35. The number of hydrogen-bond acceptors (Lipinski definition) is 7. The Morgan fingerprint density at radius 2 is 1.57 bits per heavy atom. The summed E-state index contributed by atoms with van der Waals surface area (Å²) in [6.07, 6.45) is 5.80. The molecule has 40 heavy (non-hydrogen) atoms. The van der Waals surface area contributed by atoms with Crippen molar-refractivity contribution in [3.63, 3.8) is 0 Å². The van der Waals surface area contributed by atoms with Crippen LogP contribution in [0.4, 0.5) is 5.69 Å². The first kappa shape index (κ1) is 25.4. The number of ketones is 2. The number of fused-ring (bicyclic) bond motifs is 1. The van der Waals surface area contributed by atoms with Gasteiger partial charge in [0.05, 0.1) is 5.57 Å². The van der Waals surface area contributed by atoms with Crippen LogP contribution in [0.1, 0.15) is 53.1 Å². The lowest BCUT2D eigenvalue weighted by Gasteiger charge is -2.29. The van der Waals surface area contributed by atoms with Crippen molar-refractivity contribution in [2.45, 2.75) is 44.2 Å². The molecule has 3 amide bonds. The Hall–Kier alpha value is -4.92. The minimum Gasteiger partial charge on any atom is -0.361 e. The van der Waals surface area contributed by atoms with Crippen LogP contribution >= 0.6 is 0 Å². The molecular formula is C31H26N4O5. The molecule has 2 aromatic carbocycles. The fourth-order valence-electron chi connectivity index (χ4n) is 5.65. The van der Waals surface area contributed by atoms with E-state index in [0.717, 1.165) is 16.7 Å². The third-order valence-corrected chi connectivity index (χ3v) is 7.81. The fourth-order valence-corrected chi connectivity index (χ4v) is 5.65. The summed E-state index contributed by atoms with van der Waals surface area (Å²) < 4.78 is 0. The van der Waals surface area contributed by atoms with Crippen LogP contribution in [0, 0.1) is 0 Å². The fraction of sp³-hybridized carbons (Fsp3) is 0.226. The molecule has 200 valence electrons. The minimum absolute atomic E-state index is 0.105. The zero-order chi connectivity index (χ0) is 27.8. The van der Waals surface area contributed by atoms with Crippen molar-refractivity contribution >= 4 is 35.0 Å². The molecule has 3 aliphatic rings. The van der Waals surface area contributed by atoms with Gasteiger partial charge in [0.25, 0.3) is 5.91 Å². The second kappa shape index (κ2) is 10.3. The molecule has 6 rings (SSSR count). The topological polar surface area (TPSA) is 126 Å². The van der Waals surface area contributed by atoms with Crippen molar-refractivity contribution in [1.29, 1.82) is 0 Å². The van der Waals surface area contributed by atoms with E-state index in [0.29, 0.717) is 16.8 Å². The van der Waals surface area contributed by atoms with Gasteiger partial charge in [0.1, 0.15) is 6.04 Å². The summed E-state index contributed by atoms with van der Waals surface area (Å²) in [6, 6.07) is 16.2. The standard InChI is InChI=1S/C31H26N4O5/c36-27-14-21(19-6-4-18(5-7-19)20-10-12-32-13-11-20)15-28(37)23(27)16-33-25-3-1-2-22-24(25)17-35(31(22)40)26-8-9-29(38)34-30(26)39/h1-7,10-13,16,21,26,33H,8-9,14-15,17H2,(H,34,38,39). The van der Waals surface area contributed by atoms with Crippen molar-refractivity contribution in [3.05, 3.63) is 95.5 Å². The van der Waals surface area contributed by atoms with Crippen LogP contribution in [-0.2, 0) is 25.7 Å². The lowest BCUT2D eigenvalue weighted by molar-refractivity contribution is -0.137. The van der Waals surface area contributed by atoms with Gasteiger partial charge in [0, 0.05) is 61.2 Å². The van der Waals surface area contributed by atoms with Crippen LogP contribution in [0.3, 0.4) is 0 Å². The number of hydrogen-bond donors (Lipinski definition) is 2. The molecule has 3 heterocycles. The number of benzene rings is 2. The van der Waals surface area contributed by atoms with Crippen LogP contribution in [0.15, 0.2) is 78.8 Å². The zero-order valence-corrected chi connectivity index (χ0v) is 21.6. The van der Waals surface area contributed by atoms with Crippen molar-refractivity contribution in [1.82, 2.24) is 15.2 Å². The van der Waals surface area contributed by atoms with Crippen LogP contribution in [0.25, 0.3) is 11.1 Å². The molecule has 0 bridgehead atoms. The molecule has 0 radical (unpaired) electrons. The largest absolute Gasteiger partial charge is 0.361 e. The molecular weight excluding hydrogens is 508 g/mol. The van der Waals surface area contributed by atoms with E-state index in [-0.39, 0.29) is 67.1 Å². The molecule has 0 spiro atoms. The smallest absolute Gasteiger partial charge is 0.255 e. The molecule has 2 N–H and O–H groups in total. The van der Waals surface area contributed by atoms with Crippen molar-refractivity contribution < 1.29 is 24.0 Å². The van der Waals surface area contributed by atoms with E-state index in [2.05, 4.69) is 15.6 Å².